The Hall–Kier alpha value is -3.25. The van der Waals surface area contributed by atoms with Crippen LogP contribution in [-0.4, -0.2) is 56.3 Å². The van der Waals surface area contributed by atoms with E-state index in [9.17, 15) is 18.0 Å². The van der Waals surface area contributed by atoms with Crippen molar-refractivity contribution in [3.8, 4) is 11.8 Å². The maximum absolute atomic E-state index is 13.5. The molecule has 1 unspecified atom stereocenters. The van der Waals surface area contributed by atoms with Crippen LogP contribution in [0, 0.1) is 17.2 Å². The van der Waals surface area contributed by atoms with Crippen LogP contribution in [0.15, 0.2) is 48.5 Å². The normalized spacial score (nSPS) is 19.5. The van der Waals surface area contributed by atoms with E-state index < -0.39 is 17.3 Å². The van der Waals surface area contributed by atoms with Crippen molar-refractivity contribution in [3.63, 3.8) is 0 Å². The maximum atomic E-state index is 13.5. The van der Waals surface area contributed by atoms with E-state index in [1.807, 2.05) is 40.1 Å². The minimum atomic E-state index is -4.63. The number of benzene rings is 2. The molecule has 1 amide bonds. The lowest BCUT2D eigenvalue weighted by Gasteiger charge is -2.44. The molecule has 0 radical (unpaired) electrons. The van der Waals surface area contributed by atoms with E-state index in [2.05, 4.69) is 0 Å². The van der Waals surface area contributed by atoms with Gasteiger partial charge in [0.15, 0.2) is 0 Å². The predicted molar refractivity (Wildman–Crippen MR) is 119 cm³/mol. The smallest absolute Gasteiger partial charge is 0.417 e. The van der Waals surface area contributed by atoms with Crippen molar-refractivity contribution in [1.82, 2.24) is 4.90 Å². The van der Waals surface area contributed by atoms with Crippen LogP contribution in [0.5, 0.6) is 5.75 Å². The molecule has 2 aliphatic heterocycles. The van der Waals surface area contributed by atoms with Gasteiger partial charge in [0, 0.05) is 44.5 Å². The summed E-state index contributed by atoms with van der Waals surface area (Å²) in [5.74, 6) is 0.586. The van der Waals surface area contributed by atoms with Gasteiger partial charge < -0.3 is 19.3 Å². The molecular formula is C25H26F3N3O3. The number of alkyl halides is 3. The molecule has 0 spiro atoms. The van der Waals surface area contributed by atoms with Crippen LogP contribution < -0.4 is 9.64 Å². The molecule has 0 bridgehead atoms. The number of amides is 1. The molecule has 0 aromatic heterocycles. The zero-order chi connectivity index (χ0) is 24.1. The van der Waals surface area contributed by atoms with Crippen molar-refractivity contribution < 1.29 is 27.4 Å². The highest BCUT2D eigenvalue weighted by Gasteiger charge is 2.37. The van der Waals surface area contributed by atoms with E-state index in [4.69, 9.17) is 14.7 Å². The summed E-state index contributed by atoms with van der Waals surface area (Å²) in [6.45, 7) is 2.41. The second-order valence-electron chi connectivity index (χ2n) is 8.48. The summed E-state index contributed by atoms with van der Waals surface area (Å²) in [4.78, 5) is 16.9. The van der Waals surface area contributed by atoms with Gasteiger partial charge in [0.1, 0.15) is 12.4 Å². The van der Waals surface area contributed by atoms with Crippen LogP contribution in [0.3, 0.4) is 0 Å². The molecule has 180 valence electrons. The van der Waals surface area contributed by atoms with Crippen molar-refractivity contribution in [2.24, 2.45) is 5.92 Å². The van der Waals surface area contributed by atoms with Crippen molar-refractivity contribution in [1.29, 1.82) is 5.26 Å². The van der Waals surface area contributed by atoms with Crippen LogP contribution >= 0.6 is 0 Å². The van der Waals surface area contributed by atoms with Crippen LogP contribution in [0.25, 0.3) is 0 Å². The molecule has 2 aliphatic rings. The number of piperazine rings is 1. The molecular weight excluding hydrogens is 447 g/mol. The summed E-state index contributed by atoms with van der Waals surface area (Å²) in [7, 11) is 0. The number of halogens is 3. The molecule has 2 saturated heterocycles. The lowest BCUT2D eigenvalue weighted by Crippen LogP contribution is -2.59. The number of carbonyl (C=O) groups excluding carboxylic acids is 1. The van der Waals surface area contributed by atoms with Gasteiger partial charge >= 0.3 is 6.18 Å². The number of hydrogen-bond acceptors (Lipinski definition) is 5. The summed E-state index contributed by atoms with van der Waals surface area (Å²) in [5.41, 5.74) is -0.993. The molecule has 2 heterocycles. The second-order valence-corrected chi connectivity index (χ2v) is 8.48. The van der Waals surface area contributed by atoms with Gasteiger partial charge in [0.05, 0.1) is 23.2 Å². The predicted octanol–water partition coefficient (Wildman–Crippen LogP) is 4.10. The summed E-state index contributed by atoms with van der Waals surface area (Å²) >= 11 is 0. The number of ether oxygens (including phenoxy) is 2. The molecule has 2 aromatic carbocycles. The first-order valence-corrected chi connectivity index (χ1v) is 11.3. The number of carbonyl (C=O) groups is 1. The largest absolute Gasteiger partial charge is 0.491 e. The Labute approximate surface area is 196 Å². The highest BCUT2D eigenvalue weighted by molar-refractivity contribution is 5.79. The fourth-order valence-corrected chi connectivity index (χ4v) is 4.47. The quantitative estimate of drug-likeness (QED) is 0.654. The highest BCUT2D eigenvalue weighted by atomic mass is 19.4. The summed E-state index contributed by atoms with van der Waals surface area (Å²) < 4.78 is 51.8. The first-order chi connectivity index (χ1) is 16.4. The van der Waals surface area contributed by atoms with Crippen LogP contribution in [0.2, 0.25) is 0 Å². The average molecular weight is 473 g/mol. The number of hydrogen-bond donors (Lipinski definition) is 0. The van der Waals surface area contributed by atoms with Gasteiger partial charge in [-0.1, -0.05) is 18.2 Å². The van der Waals surface area contributed by atoms with Gasteiger partial charge in [-0.25, -0.2) is 0 Å². The molecule has 0 N–H and O–H groups in total. The maximum Gasteiger partial charge on any atom is 0.417 e. The number of nitrogens with zero attached hydrogens (tertiary/aromatic N) is 3. The third kappa shape index (κ3) is 5.45. The molecule has 2 fully saturated rings. The molecule has 2 aromatic rings. The van der Waals surface area contributed by atoms with Gasteiger partial charge in [0.25, 0.3) is 0 Å². The zero-order valence-corrected chi connectivity index (χ0v) is 18.6. The third-order valence-electron chi connectivity index (χ3n) is 6.32. The fourth-order valence-electron chi connectivity index (χ4n) is 4.47. The fraction of sp³-hybridized carbons (Fsp3) is 0.440. The highest BCUT2D eigenvalue weighted by Crippen LogP contribution is 2.35. The Kier molecular flexibility index (Phi) is 7.27. The minimum absolute atomic E-state index is 0.0421. The Morgan fingerprint density at radius 1 is 1.12 bits per heavy atom. The van der Waals surface area contributed by atoms with Gasteiger partial charge in [0.2, 0.25) is 5.91 Å². The van der Waals surface area contributed by atoms with Gasteiger partial charge in [-0.05, 0) is 43.2 Å². The first kappa shape index (κ1) is 23.9. The second kappa shape index (κ2) is 10.3. The van der Waals surface area contributed by atoms with Crippen molar-refractivity contribution in [3.05, 3.63) is 59.7 Å². The Morgan fingerprint density at radius 3 is 2.53 bits per heavy atom. The molecule has 0 saturated carbocycles. The van der Waals surface area contributed by atoms with Gasteiger partial charge in [-0.15, -0.1) is 0 Å². The van der Waals surface area contributed by atoms with Crippen LogP contribution in [0.1, 0.15) is 24.0 Å². The topological polar surface area (TPSA) is 65.8 Å². The molecule has 4 rings (SSSR count). The number of anilines is 1. The zero-order valence-electron chi connectivity index (χ0n) is 18.6. The van der Waals surface area contributed by atoms with E-state index in [0.29, 0.717) is 57.1 Å². The van der Waals surface area contributed by atoms with E-state index in [1.54, 1.807) is 6.07 Å². The third-order valence-corrected chi connectivity index (χ3v) is 6.32. The molecule has 9 heteroatoms. The monoisotopic (exact) mass is 473 g/mol. The SMILES string of the molecule is N#Cc1ccc(N2CCN(C(=O)C3CCOCC3)C(COc3ccccc3)C2)cc1C(F)(F)F. The summed E-state index contributed by atoms with van der Waals surface area (Å²) in [6, 6.07) is 14.2. The molecule has 0 aliphatic carbocycles. The summed E-state index contributed by atoms with van der Waals surface area (Å²) in [5, 5.41) is 9.09. The lowest BCUT2D eigenvalue weighted by molar-refractivity contribution is -0.142. The van der Waals surface area contributed by atoms with E-state index in [-0.39, 0.29) is 24.5 Å². The Morgan fingerprint density at radius 2 is 1.85 bits per heavy atom. The van der Waals surface area contributed by atoms with Crippen molar-refractivity contribution in [2.75, 3.05) is 44.4 Å². The van der Waals surface area contributed by atoms with E-state index >= 15 is 0 Å². The van der Waals surface area contributed by atoms with E-state index in [1.165, 1.54) is 12.1 Å². The van der Waals surface area contributed by atoms with Crippen molar-refractivity contribution in [2.45, 2.75) is 25.1 Å². The number of nitriles is 1. The molecule has 34 heavy (non-hydrogen) atoms. The van der Waals surface area contributed by atoms with Gasteiger partial charge in [-0.3, -0.25) is 4.79 Å². The number of para-hydroxylation sites is 1. The number of rotatable bonds is 5. The standard InChI is InChI=1S/C25H26F3N3O3/c26-25(27,28)23-14-20(7-6-19(23)15-29)30-10-11-31(24(32)18-8-12-33-13-9-18)21(16-30)17-34-22-4-2-1-3-5-22/h1-7,14,18,21H,8-13,16-17H2. The first-order valence-electron chi connectivity index (χ1n) is 11.3. The Balaban J connectivity index is 1.55. The van der Waals surface area contributed by atoms with E-state index in [0.717, 1.165) is 6.07 Å². The summed E-state index contributed by atoms with van der Waals surface area (Å²) in [6.07, 6.45) is -3.30. The minimum Gasteiger partial charge on any atom is -0.491 e. The van der Waals surface area contributed by atoms with Crippen molar-refractivity contribution >= 4 is 11.6 Å². The van der Waals surface area contributed by atoms with Gasteiger partial charge in [-0.2, -0.15) is 18.4 Å². The molecule has 6 nitrogen and oxygen atoms in total. The van der Waals surface area contributed by atoms with Crippen LogP contribution in [-0.2, 0) is 15.7 Å². The van der Waals surface area contributed by atoms with Crippen LogP contribution in [0.4, 0.5) is 18.9 Å². The molecule has 1 atom stereocenters. The lowest BCUT2D eigenvalue weighted by atomic mass is 9.97. The average Bonchev–Trinajstić information content (AvgIpc) is 2.87. The Bertz CT molecular complexity index is 1030.